The molecule has 0 bridgehead atoms. The number of fused-ring (bicyclic) bond motifs is 3. The van der Waals surface area contributed by atoms with Gasteiger partial charge in [-0.2, -0.15) is 5.10 Å². The molecule has 0 spiro atoms. The number of furan rings is 1. The molecule has 2 atom stereocenters. The second kappa shape index (κ2) is 5.99. The molecule has 0 unspecified atom stereocenters. The molecule has 0 aliphatic carbocycles. The third-order valence-corrected chi connectivity index (χ3v) is 5.18. The second-order valence-electron chi connectivity index (χ2n) is 6.33. The molecule has 2 aliphatic rings. The SMILES string of the molecule is Fc1cccc([C@H]2Oc3ccc(Br)cc3[C@@H]3CC(c4ccco4)=NN23)c1. The van der Waals surface area contributed by atoms with Crippen LogP contribution in [0.4, 0.5) is 4.39 Å². The van der Waals surface area contributed by atoms with E-state index in [1.807, 2.05) is 35.3 Å². The molecular formula is C20H14BrFN2O2. The molecule has 0 amide bonds. The van der Waals surface area contributed by atoms with E-state index in [-0.39, 0.29) is 11.9 Å². The van der Waals surface area contributed by atoms with Crippen molar-refractivity contribution in [2.75, 3.05) is 0 Å². The first-order valence-electron chi connectivity index (χ1n) is 8.30. The molecule has 0 saturated heterocycles. The normalized spacial score (nSPS) is 21.0. The van der Waals surface area contributed by atoms with E-state index in [0.717, 1.165) is 32.8 Å². The lowest BCUT2D eigenvalue weighted by Crippen LogP contribution is -2.33. The number of hydrogen-bond acceptors (Lipinski definition) is 4. The Labute approximate surface area is 158 Å². The van der Waals surface area contributed by atoms with Crippen LogP contribution in [0.15, 0.2) is 74.9 Å². The van der Waals surface area contributed by atoms with Crippen LogP contribution >= 0.6 is 15.9 Å². The fraction of sp³-hybridized carbons (Fsp3) is 0.150. The zero-order valence-electron chi connectivity index (χ0n) is 13.6. The zero-order chi connectivity index (χ0) is 17.7. The van der Waals surface area contributed by atoms with Gasteiger partial charge >= 0.3 is 0 Å². The predicted octanol–water partition coefficient (Wildman–Crippen LogP) is 5.42. The monoisotopic (exact) mass is 412 g/mol. The first-order valence-corrected chi connectivity index (χ1v) is 9.09. The van der Waals surface area contributed by atoms with E-state index in [4.69, 9.17) is 14.3 Å². The second-order valence-corrected chi connectivity index (χ2v) is 7.25. The maximum absolute atomic E-state index is 13.8. The summed E-state index contributed by atoms with van der Waals surface area (Å²) in [6, 6.07) is 16.1. The maximum Gasteiger partial charge on any atom is 0.213 e. The van der Waals surface area contributed by atoms with E-state index < -0.39 is 6.23 Å². The van der Waals surface area contributed by atoms with Crippen LogP contribution in [-0.4, -0.2) is 10.7 Å². The molecule has 2 aromatic carbocycles. The highest BCUT2D eigenvalue weighted by Crippen LogP contribution is 2.48. The summed E-state index contributed by atoms with van der Waals surface area (Å²) in [5.74, 6) is 1.24. The van der Waals surface area contributed by atoms with Crippen LogP contribution in [0.1, 0.15) is 35.6 Å². The molecule has 0 N–H and O–H groups in total. The van der Waals surface area contributed by atoms with E-state index in [1.54, 1.807) is 12.3 Å². The lowest BCUT2D eigenvalue weighted by Gasteiger charge is -2.38. The maximum atomic E-state index is 13.8. The Balaban J connectivity index is 1.63. The molecule has 0 saturated carbocycles. The minimum Gasteiger partial charge on any atom is -0.464 e. The smallest absolute Gasteiger partial charge is 0.213 e. The molecule has 1 aromatic heterocycles. The van der Waals surface area contributed by atoms with Gasteiger partial charge in [-0.05, 0) is 42.5 Å². The van der Waals surface area contributed by atoms with Crippen molar-refractivity contribution in [1.29, 1.82) is 0 Å². The summed E-state index contributed by atoms with van der Waals surface area (Å²) in [5, 5.41) is 6.67. The number of benzene rings is 2. The fourth-order valence-electron chi connectivity index (χ4n) is 3.53. The summed E-state index contributed by atoms with van der Waals surface area (Å²) in [6.07, 6.45) is 1.85. The topological polar surface area (TPSA) is 38.0 Å². The molecule has 130 valence electrons. The fourth-order valence-corrected chi connectivity index (χ4v) is 3.91. The number of hydrazone groups is 1. The van der Waals surface area contributed by atoms with Gasteiger partial charge in [0.05, 0.1) is 12.3 Å². The van der Waals surface area contributed by atoms with Crippen molar-refractivity contribution in [1.82, 2.24) is 5.01 Å². The van der Waals surface area contributed by atoms with Gasteiger partial charge in [0.15, 0.2) is 0 Å². The van der Waals surface area contributed by atoms with Crippen molar-refractivity contribution in [2.24, 2.45) is 5.10 Å². The molecule has 3 aromatic rings. The lowest BCUT2D eigenvalue weighted by atomic mass is 9.97. The molecule has 4 nitrogen and oxygen atoms in total. The van der Waals surface area contributed by atoms with Crippen LogP contribution in [-0.2, 0) is 0 Å². The molecular weight excluding hydrogens is 399 g/mol. The first-order chi connectivity index (χ1) is 12.7. The number of hydrogen-bond donors (Lipinski definition) is 0. The van der Waals surface area contributed by atoms with Gasteiger partial charge in [0.1, 0.15) is 23.0 Å². The van der Waals surface area contributed by atoms with E-state index in [1.165, 1.54) is 12.1 Å². The van der Waals surface area contributed by atoms with E-state index in [0.29, 0.717) is 6.42 Å². The number of nitrogens with zero attached hydrogens (tertiary/aromatic N) is 2. The van der Waals surface area contributed by atoms with Gasteiger partial charge in [-0.3, -0.25) is 0 Å². The lowest BCUT2D eigenvalue weighted by molar-refractivity contribution is -0.0192. The summed E-state index contributed by atoms with van der Waals surface area (Å²) in [5.41, 5.74) is 2.64. The third-order valence-electron chi connectivity index (χ3n) is 4.69. The Morgan fingerprint density at radius 1 is 1.12 bits per heavy atom. The average Bonchev–Trinajstić information content (AvgIpc) is 3.31. The number of ether oxygens (including phenoxy) is 1. The minimum atomic E-state index is -0.489. The van der Waals surface area contributed by atoms with Crippen LogP contribution in [0.25, 0.3) is 0 Å². The van der Waals surface area contributed by atoms with Gasteiger partial charge in [-0.1, -0.05) is 28.1 Å². The summed E-state index contributed by atoms with van der Waals surface area (Å²) in [7, 11) is 0. The Morgan fingerprint density at radius 3 is 2.85 bits per heavy atom. The largest absolute Gasteiger partial charge is 0.464 e. The average molecular weight is 413 g/mol. The number of rotatable bonds is 2. The van der Waals surface area contributed by atoms with Crippen LogP contribution in [0.2, 0.25) is 0 Å². The van der Waals surface area contributed by atoms with Crippen LogP contribution in [0, 0.1) is 5.82 Å². The van der Waals surface area contributed by atoms with Crippen molar-refractivity contribution >= 4 is 21.6 Å². The van der Waals surface area contributed by atoms with Crippen molar-refractivity contribution in [3.63, 3.8) is 0 Å². The van der Waals surface area contributed by atoms with E-state index >= 15 is 0 Å². The summed E-state index contributed by atoms with van der Waals surface area (Å²) < 4.78 is 26.5. The Bertz CT molecular complexity index is 1000. The summed E-state index contributed by atoms with van der Waals surface area (Å²) >= 11 is 3.53. The van der Waals surface area contributed by atoms with Crippen LogP contribution in [0.5, 0.6) is 5.75 Å². The Kier molecular flexibility index (Phi) is 3.60. The van der Waals surface area contributed by atoms with Gasteiger partial charge < -0.3 is 9.15 Å². The number of halogens is 2. The Morgan fingerprint density at radius 2 is 2.04 bits per heavy atom. The van der Waals surface area contributed by atoms with Gasteiger partial charge in [0.25, 0.3) is 0 Å². The highest BCUT2D eigenvalue weighted by molar-refractivity contribution is 9.10. The standard InChI is InChI=1S/C20H14BrFN2O2/c21-13-6-7-18-15(10-13)17-11-16(19-5-2-8-25-19)23-24(17)20(26-18)12-3-1-4-14(22)9-12/h1-10,17,20H,11H2/t17-,20+/m0/s1. The van der Waals surface area contributed by atoms with Crippen LogP contribution in [0.3, 0.4) is 0 Å². The molecule has 6 heteroatoms. The van der Waals surface area contributed by atoms with Gasteiger partial charge in [-0.15, -0.1) is 0 Å². The van der Waals surface area contributed by atoms with Crippen molar-refractivity contribution in [3.8, 4) is 5.75 Å². The van der Waals surface area contributed by atoms with Crippen LogP contribution < -0.4 is 4.74 Å². The predicted molar refractivity (Wildman–Crippen MR) is 98.4 cm³/mol. The van der Waals surface area contributed by atoms with Crippen molar-refractivity contribution in [3.05, 3.63) is 88.0 Å². The van der Waals surface area contributed by atoms with Crippen molar-refractivity contribution < 1.29 is 13.5 Å². The molecule has 5 rings (SSSR count). The highest BCUT2D eigenvalue weighted by atomic mass is 79.9. The Hall–Kier alpha value is -2.60. The summed E-state index contributed by atoms with van der Waals surface area (Å²) in [4.78, 5) is 0. The zero-order valence-corrected chi connectivity index (χ0v) is 15.2. The van der Waals surface area contributed by atoms with Gasteiger partial charge in [0, 0.05) is 22.0 Å². The molecule has 0 radical (unpaired) electrons. The molecule has 0 fully saturated rings. The van der Waals surface area contributed by atoms with Crippen molar-refractivity contribution in [2.45, 2.75) is 18.7 Å². The van der Waals surface area contributed by atoms with Gasteiger partial charge in [-0.25, -0.2) is 9.40 Å². The summed E-state index contributed by atoms with van der Waals surface area (Å²) in [6.45, 7) is 0. The van der Waals surface area contributed by atoms with E-state index in [9.17, 15) is 4.39 Å². The molecule has 2 aliphatic heterocycles. The quantitative estimate of drug-likeness (QED) is 0.563. The minimum absolute atomic E-state index is 0.00428. The highest BCUT2D eigenvalue weighted by Gasteiger charge is 2.41. The third kappa shape index (κ3) is 2.52. The first kappa shape index (κ1) is 15.6. The molecule has 3 heterocycles. The van der Waals surface area contributed by atoms with Gasteiger partial charge in [0.2, 0.25) is 6.23 Å². The molecule has 26 heavy (non-hydrogen) atoms. The van der Waals surface area contributed by atoms with E-state index in [2.05, 4.69) is 22.0 Å².